The van der Waals surface area contributed by atoms with Crippen LogP contribution in [0.5, 0.6) is 5.75 Å². The van der Waals surface area contributed by atoms with E-state index < -0.39 is 6.61 Å². The van der Waals surface area contributed by atoms with E-state index in [1.165, 1.54) is 18.2 Å². The van der Waals surface area contributed by atoms with Gasteiger partial charge in [-0.05, 0) is 29.8 Å². The van der Waals surface area contributed by atoms with Crippen LogP contribution < -0.4 is 10.5 Å². The number of halogens is 2. The van der Waals surface area contributed by atoms with E-state index in [0.717, 1.165) is 5.56 Å². The largest absolute Gasteiger partial charge is 0.434 e. The van der Waals surface area contributed by atoms with E-state index in [0.29, 0.717) is 31.9 Å². The lowest BCUT2D eigenvalue weighted by atomic mass is 10.1. The molecule has 0 spiro atoms. The Balaban J connectivity index is 1.58. The van der Waals surface area contributed by atoms with Gasteiger partial charge in [0.05, 0.1) is 12.0 Å². The van der Waals surface area contributed by atoms with Crippen molar-refractivity contribution in [3.05, 3.63) is 59.7 Å². The molecule has 1 aliphatic heterocycles. The maximum absolute atomic E-state index is 12.7. The van der Waals surface area contributed by atoms with Gasteiger partial charge >= 0.3 is 6.61 Å². The summed E-state index contributed by atoms with van der Waals surface area (Å²) in [6.45, 7) is -1.57. The van der Waals surface area contributed by atoms with Gasteiger partial charge in [-0.15, -0.1) is 0 Å². The van der Waals surface area contributed by atoms with Gasteiger partial charge in [-0.1, -0.05) is 24.3 Å². The number of hydrogen-bond donors (Lipinski definition) is 1. The number of amides is 2. The van der Waals surface area contributed by atoms with Crippen LogP contribution in [0.25, 0.3) is 0 Å². The highest BCUT2D eigenvalue weighted by atomic mass is 19.3. The Bertz CT molecular complexity index is 835. The highest BCUT2D eigenvalue weighted by Crippen LogP contribution is 2.22. The van der Waals surface area contributed by atoms with Gasteiger partial charge in [-0.25, -0.2) is 0 Å². The Morgan fingerprint density at radius 2 is 1.57 bits per heavy atom. The molecule has 2 aromatic carbocycles. The fourth-order valence-corrected chi connectivity index (χ4v) is 3.09. The van der Waals surface area contributed by atoms with E-state index in [1.54, 1.807) is 28.0 Å². The average molecular weight is 389 g/mol. The van der Waals surface area contributed by atoms with Crippen LogP contribution in [-0.4, -0.2) is 54.4 Å². The van der Waals surface area contributed by atoms with Gasteiger partial charge in [0.1, 0.15) is 5.75 Å². The fraction of sp³-hybridized carbons (Fsp3) is 0.300. The lowest BCUT2D eigenvalue weighted by Gasteiger charge is -2.35. The molecule has 1 heterocycles. The van der Waals surface area contributed by atoms with Gasteiger partial charge in [0.2, 0.25) is 5.91 Å². The smallest absolute Gasteiger partial charge is 0.387 e. The number of nitrogens with zero attached hydrogens (tertiary/aromatic N) is 2. The molecule has 0 saturated carbocycles. The molecule has 0 bridgehead atoms. The number of alkyl halides is 2. The van der Waals surface area contributed by atoms with E-state index in [-0.39, 0.29) is 29.5 Å². The van der Waals surface area contributed by atoms with Crippen molar-refractivity contribution in [1.82, 2.24) is 9.80 Å². The van der Waals surface area contributed by atoms with E-state index in [4.69, 9.17) is 5.73 Å². The Morgan fingerprint density at radius 3 is 2.21 bits per heavy atom. The van der Waals surface area contributed by atoms with Crippen LogP contribution in [0.1, 0.15) is 15.9 Å². The van der Waals surface area contributed by atoms with Crippen LogP contribution in [0.3, 0.4) is 0 Å². The first-order valence-corrected chi connectivity index (χ1v) is 8.89. The lowest BCUT2D eigenvalue weighted by molar-refractivity contribution is -0.131. The first-order valence-electron chi connectivity index (χ1n) is 8.89. The molecule has 28 heavy (non-hydrogen) atoms. The maximum atomic E-state index is 12.7. The zero-order valence-electron chi connectivity index (χ0n) is 15.2. The molecule has 2 N–H and O–H groups in total. The summed E-state index contributed by atoms with van der Waals surface area (Å²) in [6.07, 6.45) is 0.263. The van der Waals surface area contributed by atoms with Crippen LogP contribution in [-0.2, 0) is 11.2 Å². The van der Waals surface area contributed by atoms with Gasteiger partial charge in [0.25, 0.3) is 5.91 Å². The highest BCUT2D eigenvalue weighted by molar-refractivity contribution is 5.97. The normalized spacial score (nSPS) is 14.2. The van der Waals surface area contributed by atoms with Crippen molar-refractivity contribution in [3.8, 4) is 5.75 Å². The van der Waals surface area contributed by atoms with Crippen molar-refractivity contribution in [2.75, 3.05) is 31.9 Å². The maximum Gasteiger partial charge on any atom is 0.387 e. The predicted octanol–water partition coefficient (Wildman–Crippen LogP) is 2.40. The third kappa shape index (κ3) is 4.76. The van der Waals surface area contributed by atoms with E-state index >= 15 is 0 Å². The van der Waals surface area contributed by atoms with E-state index in [2.05, 4.69) is 4.74 Å². The molecule has 2 aromatic rings. The van der Waals surface area contributed by atoms with Gasteiger partial charge < -0.3 is 20.3 Å². The number of ether oxygens (including phenoxy) is 1. The predicted molar refractivity (Wildman–Crippen MR) is 100 cm³/mol. The van der Waals surface area contributed by atoms with E-state index in [1.807, 2.05) is 12.1 Å². The lowest BCUT2D eigenvalue weighted by Crippen LogP contribution is -2.51. The number of carbonyl (C=O) groups is 2. The third-order valence-electron chi connectivity index (χ3n) is 4.59. The van der Waals surface area contributed by atoms with Gasteiger partial charge in [-0.3, -0.25) is 9.59 Å². The second-order valence-electron chi connectivity index (χ2n) is 6.47. The third-order valence-corrected chi connectivity index (χ3v) is 4.59. The molecule has 1 saturated heterocycles. The van der Waals surface area contributed by atoms with Crippen molar-refractivity contribution in [2.24, 2.45) is 0 Å². The quantitative estimate of drug-likeness (QED) is 0.797. The Kier molecular flexibility index (Phi) is 6.08. The molecular weight excluding hydrogens is 368 g/mol. The molecule has 0 unspecified atom stereocenters. The minimum absolute atomic E-state index is 0.0293. The molecule has 1 aliphatic rings. The van der Waals surface area contributed by atoms with Gasteiger partial charge in [0.15, 0.2) is 0 Å². The number of nitrogens with two attached hydrogens (primary N) is 1. The molecule has 0 atom stereocenters. The minimum atomic E-state index is -3.00. The average Bonchev–Trinajstić information content (AvgIpc) is 2.69. The van der Waals surface area contributed by atoms with Crippen molar-refractivity contribution in [3.63, 3.8) is 0 Å². The molecule has 1 fully saturated rings. The van der Waals surface area contributed by atoms with Crippen molar-refractivity contribution < 1.29 is 23.1 Å². The number of para-hydroxylation sites is 1. The molecule has 3 rings (SSSR count). The van der Waals surface area contributed by atoms with Crippen LogP contribution in [0.15, 0.2) is 48.5 Å². The Labute approximate surface area is 161 Å². The molecule has 0 aliphatic carbocycles. The monoisotopic (exact) mass is 389 g/mol. The number of nitrogen functional groups attached to an aromatic ring is 1. The summed E-state index contributed by atoms with van der Waals surface area (Å²) in [6, 6.07) is 13.0. The molecule has 2 amide bonds. The Hall–Kier alpha value is -3.16. The van der Waals surface area contributed by atoms with Gasteiger partial charge in [0, 0.05) is 31.9 Å². The summed E-state index contributed by atoms with van der Waals surface area (Å²) < 4.78 is 29.5. The Morgan fingerprint density at radius 1 is 0.964 bits per heavy atom. The van der Waals surface area contributed by atoms with Crippen LogP contribution >= 0.6 is 0 Å². The van der Waals surface area contributed by atoms with Crippen LogP contribution in [0.4, 0.5) is 14.5 Å². The van der Waals surface area contributed by atoms with Crippen molar-refractivity contribution in [2.45, 2.75) is 13.0 Å². The topological polar surface area (TPSA) is 75.9 Å². The number of benzene rings is 2. The summed E-state index contributed by atoms with van der Waals surface area (Å²) in [7, 11) is 0. The first kappa shape index (κ1) is 19.6. The zero-order chi connectivity index (χ0) is 20.1. The second-order valence-corrected chi connectivity index (χ2v) is 6.47. The number of hydrogen-bond acceptors (Lipinski definition) is 4. The minimum Gasteiger partial charge on any atom is -0.434 e. The number of carbonyl (C=O) groups excluding carboxylic acids is 2. The van der Waals surface area contributed by atoms with Crippen molar-refractivity contribution >= 4 is 17.5 Å². The van der Waals surface area contributed by atoms with Crippen LogP contribution in [0, 0.1) is 0 Å². The fourth-order valence-electron chi connectivity index (χ4n) is 3.09. The molecule has 0 radical (unpaired) electrons. The number of rotatable bonds is 5. The number of anilines is 1. The molecule has 8 heteroatoms. The molecular formula is C20H21F2N3O3. The molecule has 6 nitrogen and oxygen atoms in total. The van der Waals surface area contributed by atoms with Crippen LogP contribution in [0.2, 0.25) is 0 Å². The SMILES string of the molecule is Nc1ccc(CC(=O)N2CCN(C(=O)c3ccccc3OC(F)F)CC2)cc1. The summed E-state index contributed by atoms with van der Waals surface area (Å²) in [5.41, 5.74) is 7.24. The number of piperazine rings is 1. The van der Waals surface area contributed by atoms with E-state index in [9.17, 15) is 18.4 Å². The van der Waals surface area contributed by atoms with Gasteiger partial charge in [-0.2, -0.15) is 8.78 Å². The van der Waals surface area contributed by atoms with Crippen molar-refractivity contribution in [1.29, 1.82) is 0 Å². The highest BCUT2D eigenvalue weighted by Gasteiger charge is 2.26. The first-order chi connectivity index (χ1) is 13.4. The molecule has 0 aromatic heterocycles. The summed E-state index contributed by atoms with van der Waals surface area (Å²) in [5.74, 6) is -0.565. The summed E-state index contributed by atoms with van der Waals surface area (Å²) in [5, 5.41) is 0. The summed E-state index contributed by atoms with van der Waals surface area (Å²) >= 11 is 0. The zero-order valence-corrected chi connectivity index (χ0v) is 15.2. The standard InChI is InChI=1S/C20H21F2N3O3/c21-20(22)28-17-4-2-1-3-16(17)19(27)25-11-9-24(10-12-25)18(26)13-14-5-7-15(23)8-6-14/h1-8,20H,9-13,23H2. The summed E-state index contributed by atoms with van der Waals surface area (Å²) in [4.78, 5) is 28.4. The second kappa shape index (κ2) is 8.69. The molecule has 148 valence electrons.